The van der Waals surface area contributed by atoms with Gasteiger partial charge < -0.3 is 0 Å². The van der Waals surface area contributed by atoms with E-state index in [0.29, 0.717) is 6.42 Å². The van der Waals surface area contributed by atoms with Gasteiger partial charge in [0.1, 0.15) is 19.0 Å². The normalized spacial score (nSPS) is 61.4. The predicted molar refractivity (Wildman–Crippen MR) is 118 cm³/mol. The molecule has 0 aromatic rings. The first kappa shape index (κ1) is 22.7. The van der Waals surface area contributed by atoms with Crippen LogP contribution in [0.3, 0.4) is 0 Å². The monoisotopic (exact) mass is 598 g/mol. The van der Waals surface area contributed by atoms with Crippen LogP contribution in [-0.4, -0.2) is 42.2 Å². The molecule has 0 nitrogen and oxygen atoms in total. The van der Waals surface area contributed by atoms with Crippen molar-refractivity contribution in [2.24, 2.45) is 0 Å². The third-order valence-electron chi connectivity index (χ3n) is 6.61. The molecule has 0 amide bonds. The molecule has 0 aromatic carbocycles. The van der Waals surface area contributed by atoms with E-state index in [2.05, 4.69) is 0 Å². The molecule has 0 saturated heterocycles. The van der Waals surface area contributed by atoms with Crippen molar-refractivity contribution in [3.05, 3.63) is 0 Å². The second-order valence-corrected chi connectivity index (χ2v) is 15.7. The Labute approximate surface area is 211 Å². The van der Waals surface area contributed by atoms with Gasteiger partial charge in [-0.25, -0.2) is 0 Å². The van der Waals surface area contributed by atoms with Crippen molar-refractivity contribution >= 4 is 139 Å². The summed E-state index contributed by atoms with van der Waals surface area (Å²) in [5, 5.41) is 0. The number of hydrogen-bond acceptors (Lipinski definition) is 0. The number of fused-ring (bicyclic) bond motifs is 5. The van der Waals surface area contributed by atoms with Crippen molar-refractivity contribution in [1.82, 2.24) is 0 Å². The van der Waals surface area contributed by atoms with Crippen LogP contribution in [0, 0.1) is 0 Å². The minimum atomic E-state index is -2.11. The summed E-state index contributed by atoms with van der Waals surface area (Å²) in [5.41, 5.74) is 0. The summed E-state index contributed by atoms with van der Waals surface area (Å²) in [5.74, 6) is 0. The van der Waals surface area contributed by atoms with Gasteiger partial charge in [0.15, 0.2) is 8.67 Å². The quantitative estimate of drug-likeness (QED) is 0.244. The second-order valence-electron chi connectivity index (χ2n) is 7.72. The topological polar surface area (TPSA) is 0 Å². The number of halogens is 12. The zero-order valence-corrected chi connectivity index (χ0v) is 21.6. The molecule has 12 heteroatoms. The third-order valence-corrected chi connectivity index (χ3v) is 16.2. The average Bonchev–Trinajstić information content (AvgIpc) is 3.29. The Morgan fingerprint density at radius 3 is 1.38 bits per heavy atom. The van der Waals surface area contributed by atoms with E-state index < -0.39 is 42.2 Å². The number of hydrogen-bond donors (Lipinski definition) is 0. The maximum absolute atomic E-state index is 7.11. The van der Waals surface area contributed by atoms with E-state index in [-0.39, 0.29) is 25.7 Å². The molecular weight excluding hydrogens is 594 g/mol. The summed E-state index contributed by atoms with van der Waals surface area (Å²) in [6.45, 7) is 0. The lowest BCUT2D eigenvalue weighted by molar-refractivity contribution is 0.216. The van der Waals surface area contributed by atoms with E-state index in [1.807, 2.05) is 0 Å². The van der Waals surface area contributed by atoms with E-state index in [9.17, 15) is 0 Å². The van der Waals surface area contributed by atoms with Gasteiger partial charge in [-0.05, 0) is 32.1 Å². The van der Waals surface area contributed by atoms with Crippen LogP contribution in [-0.2, 0) is 0 Å². The van der Waals surface area contributed by atoms with Gasteiger partial charge in [-0.15, -0.1) is 69.6 Å². The molecule has 0 radical (unpaired) electrons. The molecule has 0 heterocycles. The van der Waals surface area contributed by atoms with Crippen LogP contribution < -0.4 is 0 Å². The van der Waals surface area contributed by atoms with Crippen LogP contribution in [0.2, 0.25) is 0 Å². The highest BCUT2D eigenvalue weighted by Gasteiger charge is 3.01. The van der Waals surface area contributed by atoms with Gasteiger partial charge in [-0.2, -0.15) is 0 Å². The molecule has 0 aromatic heterocycles. The number of alkyl halides is 12. The van der Waals surface area contributed by atoms with Gasteiger partial charge in [0.05, 0.1) is 14.6 Å². The Balaban J connectivity index is 2.08. The van der Waals surface area contributed by atoms with E-state index in [1.54, 1.807) is 0 Å². The predicted octanol–water partition coefficient (Wildman–Crippen LogP) is 8.38. The highest BCUT2D eigenvalue weighted by atomic mass is 35.5. The summed E-state index contributed by atoms with van der Waals surface area (Å²) in [7, 11) is 0. The summed E-state index contributed by atoms with van der Waals surface area (Å²) in [6.07, 6.45) is 1.18. The van der Waals surface area contributed by atoms with Crippen LogP contribution >= 0.6 is 139 Å². The van der Waals surface area contributed by atoms with Crippen LogP contribution in [0.1, 0.15) is 32.1 Å². The molecule has 4 aliphatic rings. The lowest BCUT2D eigenvalue weighted by Gasteiger charge is -2.62. The minimum absolute atomic E-state index is 0.104. The van der Waals surface area contributed by atoms with Gasteiger partial charge in [-0.1, -0.05) is 69.6 Å². The van der Waals surface area contributed by atoms with Gasteiger partial charge in [0.2, 0.25) is 0 Å². The van der Waals surface area contributed by atoms with E-state index in [4.69, 9.17) is 139 Å². The fraction of sp³-hybridized carbons (Fsp3) is 1.00. The van der Waals surface area contributed by atoms with Gasteiger partial charge >= 0.3 is 0 Å². The van der Waals surface area contributed by atoms with Crippen LogP contribution in [0.5, 0.6) is 0 Å². The van der Waals surface area contributed by atoms with E-state index >= 15 is 0 Å². The van der Waals surface area contributed by atoms with Crippen LogP contribution in [0.4, 0.5) is 0 Å². The molecule has 0 bridgehead atoms. The third kappa shape index (κ3) is 1.91. The minimum Gasteiger partial charge on any atom is -0.115 e. The van der Waals surface area contributed by atoms with Gasteiger partial charge in [-0.3, -0.25) is 0 Å². The molecule has 26 heavy (non-hydrogen) atoms. The molecule has 150 valence electrons. The van der Waals surface area contributed by atoms with Crippen molar-refractivity contribution < 1.29 is 0 Å². The zero-order valence-electron chi connectivity index (χ0n) is 12.6. The van der Waals surface area contributed by atoms with Crippen molar-refractivity contribution in [3.8, 4) is 0 Å². The summed E-state index contributed by atoms with van der Waals surface area (Å²) in [4.78, 5) is -9.11. The molecule has 4 fully saturated rings. The fourth-order valence-corrected chi connectivity index (χ4v) is 11.8. The zero-order chi connectivity index (χ0) is 20.0. The first-order valence-corrected chi connectivity index (χ1v) is 12.2. The van der Waals surface area contributed by atoms with Crippen LogP contribution in [0.15, 0.2) is 0 Å². The molecule has 4 saturated carbocycles. The second kappa shape index (κ2) is 5.51. The largest absolute Gasteiger partial charge is 0.173 e. The van der Waals surface area contributed by atoms with Crippen molar-refractivity contribution in [1.29, 1.82) is 0 Å². The van der Waals surface area contributed by atoms with Crippen LogP contribution in [0.25, 0.3) is 0 Å². The lowest BCUT2D eigenvalue weighted by atomic mass is 9.68. The molecule has 6 atom stereocenters. The molecule has 0 aliphatic heterocycles. The number of rotatable bonds is 0. The summed E-state index contributed by atoms with van der Waals surface area (Å²) >= 11 is 81.8. The molecule has 6 unspecified atom stereocenters. The highest BCUT2D eigenvalue weighted by Crippen LogP contribution is 2.90. The fourth-order valence-electron chi connectivity index (χ4n) is 4.91. The molecule has 4 rings (SSSR count). The van der Waals surface area contributed by atoms with Crippen molar-refractivity contribution in [2.75, 3.05) is 0 Å². The first-order chi connectivity index (χ1) is 11.4. The lowest BCUT2D eigenvalue weighted by Crippen LogP contribution is -2.77. The molecule has 4 aliphatic carbocycles. The molecular formula is C14H10Cl12. The Morgan fingerprint density at radius 1 is 0.423 bits per heavy atom. The average molecular weight is 604 g/mol. The van der Waals surface area contributed by atoms with Crippen molar-refractivity contribution in [3.63, 3.8) is 0 Å². The first-order valence-electron chi connectivity index (χ1n) is 7.64. The van der Waals surface area contributed by atoms with E-state index in [1.165, 1.54) is 0 Å². The standard InChI is InChI=1S/C14H10Cl12/c15-6-2-1-3-11(20,21)12(6,22)9(18)4-7(9,16)8(17)5-10(8,19)14(25,26)13(6,23)24/h1-5H2. The molecule has 0 N–H and O–H groups in total. The maximum atomic E-state index is 7.11. The summed E-state index contributed by atoms with van der Waals surface area (Å²) in [6, 6.07) is 0. The highest BCUT2D eigenvalue weighted by molar-refractivity contribution is 6.71. The van der Waals surface area contributed by atoms with Crippen molar-refractivity contribution in [2.45, 2.75) is 74.3 Å². The Morgan fingerprint density at radius 2 is 0.846 bits per heavy atom. The Kier molecular flexibility index (Phi) is 4.80. The summed E-state index contributed by atoms with van der Waals surface area (Å²) < 4.78 is -5.76. The van der Waals surface area contributed by atoms with Gasteiger partial charge in [0, 0.05) is 0 Å². The Bertz CT molecular complexity index is 708. The maximum Gasteiger partial charge on any atom is 0.173 e. The van der Waals surface area contributed by atoms with Gasteiger partial charge in [0.25, 0.3) is 0 Å². The Hall–Kier alpha value is 3.48. The SMILES string of the molecule is ClC1(Cl)CCCC2(Cl)C(Cl)(Cl)C(Cl)(Cl)C3(Cl)CC3(Cl)C3(Cl)CC3(Cl)C12Cl. The molecule has 0 spiro atoms. The van der Waals surface area contributed by atoms with E-state index in [0.717, 1.165) is 0 Å². The smallest absolute Gasteiger partial charge is 0.115 e.